The first-order valence-corrected chi connectivity index (χ1v) is 14.1. The maximum atomic E-state index is 12.8. The second-order valence-electron chi connectivity index (χ2n) is 8.50. The van der Waals surface area contributed by atoms with Crippen molar-refractivity contribution in [2.75, 3.05) is 11.1 Å². The van der Waals surface area contributed by atoms with E-state index in [1.165, 1.54) is 27.1 Å². The van der Waals surface area contributed by atoms with Gasteiger partial charge in [0.2, 0.25) is 5.91 Å². The van der Waals surface area contributed by atoms with Gasteiger partial charge in [-0.3, -0.25) is 4.79 Å². The third kappa shape index (κ3) is 4.88. The SMILES string of the molecule is CCCn1c(SCC(=O)Nc2sc3c(c2C#N)CCC(C)C3)nnc1-c1csc(C)c1CC. The van der Waals surface area contributed by atoms with Crippen LogP contribution in [0.3, 0.4) is 0 Å². The molecule has 0 aliphatic heterocycles. The molecule has 3 aromatic heterocycles. The van der Waals surface area contributed by atoms with Gasteiger partial charge in [-0.2, -0.15) is 5.26 Å². The molecule has 1 atom stereocenters. The molecule has 1 amide bonds. The molecule has 0 fully saturated rings. The molecule has 4 rings (SSSR count). The Labute approximate surface area is 207 Å². The highest BCUT2D eigenvalue weighted by Crippen LogP contribution is 2.39. The van der Waals surface area contributed by atoms with E-state index in [1.54, 1.807) is 22.7 Å². The Morgan fingerprint density at radius 3 is 2.94 bits per heavy atom. The summed E-state index contributed by atoms with van der Waals surface area (Å²) < 4.78 is 2.13. The van der Waals surface area contributed by atoms with Crippen LogP contribution in [0.2, 0.25) is 0 Å². The van der Waals surface area contributed by atoms with E-state index in [0.29, 0.717) is 16.5 Å². The first-order valence-electron chi connectivity index (χ1n) is 11.4. The van der Waals surface area contributed by atoms with Crippen molar-refractivity contribution < 1.29 is 4.79 Å². The zero-order valence-corrected chi connectivity index (χ0v) is 22.0. The van der Waals surface area contributed by atoms with Crippen LogP contribution in [0.15, 0.2) is 10.5 Å². The molecule has 1 unspecified atom stereocenters. The third-order valence-electron chi connectivity index (χ3n) is 6.07. The number of nitriles is 1. The van der Waals surface area contributed by atoms with Crippen LogP contribution in [-0.2, 0) is 30.6 Å². The van der Waals surface area contributed by atoms with Gasteiger partial charge in [0.15, 0.2) is 11.0 Å². The minimum atomic E-state index is -0.114. The highest BCUT2D eigenvalue weighted by molar-refractivity contribution is 7.99. The average Bonchev–Trinajstić information content (AvgIpc) is 3.46. The molecule has 0 saturated heterocycles. The van der Waals surface area contributed by atoms with E-state index >= 15 is 0 Å². The van der Waals surface area contributed by atoms with Crippen LogP contribution in [0.1, 0.15) is 60.1 Å². The lowest BCUT2D eigenvalue weighted by Gasteiger charge is -2.17. The van der Waals surface area contributed by atoms with Crippen LogP contribution in [0.4, 0.5) is 5.00 Å². The van der Waals surface area contributed by atoms with Crippen molar-refractivity contribution in [2.24, 2.45) is 5.92 Å². The third-order valence-corrected chi connectivity index (χ3v) is 9.16. The van der Waals surface area contributed by atoms with Gasteiger partial charge in [-0.25, -0.2) is 0 Å². The second kappa shape index (κ2) is 10.4. The summed E-state index contributed by atoms with van der Waals surface area (Å²) in [4.78, 5) is 15.4. The monoisotopic (exact) mass is 499 g/mol. The summed E-state index contributed by atoms with van der Waals surface area (Å²) in [5.74, 6) is 1.62. The fourth-order valence-electron chi connectivity index (χ4n) is 4.38. The summed E-state index contributed by atoms with van der Waals surface area (Å²) in [7, 11) is 0. The molecule has 3 heterocycles. The van der Waals surface area contributed by atoms with E-state index in [-0.39, 0.29) is 11.7 Å². The molecule has 1 aliphatic rings. The molecule has 0 radical (unpaired) electrons. The Hall–Kier alpha value is -2.15. The second-order valence-corrected chi connectivity index (χ2v) is 11.6. The number of amides is 1. The molecule has 1 aliphatic carbocycles. The average molecular weight is 500 g/mol. The van der Waals surface area contributed by atoms with Crippen molar-refractivity contribution in [1.29, 1.82) is 5.26 Å². The number of hydrogen-bond acceptors (Lipinski definition) is 7. The normalized spacial score (nSPS) is 15.3. The molecular formula is C24H29N5OS3. The number of nitrogens with zero attached hydrogens (tertiary/aromatic N) is 4. The van der Waals surface area contributed by atoms with Crippen LogP contribution >= 0.6 is 34.4 Å². The zero-order chi connectivity index (χ0) is 23.5. The van der Waals surface area contributed by atoms with Crippen molar-refractivity contribution >= 4 is 45.3 Å². The van der Waals surface area contributed by atoms with Crippen LogP contribution in [0.5, 0.6) is 0 Å². The number of carbonyl (C=O) groups excluding carboxylic acids is 1. The largest absolute Gasteiger partial charge is 0.316 e. The standard InChI is InChI=1S/C24H29N5OS3/c1-5-9-29-22(19-12-31-15(4)16(19)6-2)27-28-24(29)32-13-21(30)26-23-18(11-25)17-8-7-14(3)10-20(17)33-23/h12,14H,5-10,13H2,1-4H3,(H,26,30). The summed E-state index contributed by atoms with van der Waals surface area (Å²) in [6, 6.07) is 2.32. The molecular weight excluding hydrogens is 470 g/mol. The Kier molecular flexibility index (Phi) is 7.57. The number of nitrogens with one attached hydrogen (secondary N) is 1. The molecule has 0 spiro atoms. The van der Waals surface area contributed by atoms with Crippen LogP contribution < -0.4 is 5.32 Å². The summed E-state index contributed by atoms with van der Waals surface area (Å²) in [5, 5.41) is 25.2. The van der Waals surface area contributed by atoms with Gasteiger partial charge >= 0.3 is 0 Å². The Morgan fingerprint density at radius 1 is 1.39 bits per heavy atom. The fraction of sp³-hybridized carbons (Fsp3) is 0.500. The van der Waals surface area contributed by atoms with Gasteiger partial charge in [0.1, 0.15) is 11.1 Å². The van der Waals surface area contributed by atoms with Crippen molar-refractivity contribution in [2.45, 2.75) is 71.5 Å². The lowest BCUT2D eigenvalue weighted by Crippen LogP contribution is -2.15. The lowest BCUT2D eigenvalue weighted by atomic mass is 9.89. The van der Waals surface area contributed by atoms with Gasteiger partial charge in [-0.1, -0.05) is 32.5 Å². The fourth-order valence-corrected chi connectivity index (χ4v) is 7.46. The number of carbonyl (C=O) groups is 1. The molecule has 174 valence electrons. The summed E-state index contributed by atoms with van der Waals surface area (Å²) in [6.45, 7) is 9.49. The Morgan fingerprint density at radius 2 is 2.21 bits per heavy atom. The Balaban J connectivity index is 1.49. The first kappa shape index (κ1) is 24.0. The van der Waals surface area contributed by atoms with Gasteiger partial charge in [-0.05, 0) is 56.1 Å². The van der Waals surface area contributed by atoms with Gasteiger partial charge in [0, 0.05) is 27.2 Å². The maximum absolute atomic E-state index is 12.8. The number of anilines is 1. The van der Waals surface area contributed by atoms with Crippen molar-refractivity contribution in [3.63, 3.8) is 0 Å². The Bertz CT molecular complexity index is 1200. The quantitative estimate of drug-likeness (QED) is 0.380. The van der Waals surface area contributed by atoms with E-state index in [9.17, 15) is 10.1 Å². The van der Waals surface area contributed by atoms with Gasteiger partial charge in [-0.15, -0.1) is 32.9 Å². The van der Waals surface area contributed by atoms with Crippen LogP contribution in [0.25, 0.3) is 11.4 Å². The van der Waals surface area contributed by atoms with Crippen LogP contribution in [0, 0.1) is 24.2 Å². The smallest absolute Gasteiger partial charge is 0.235 e. The van der Waals surface area contributed by atoms with E-state index in [0.717, 1.165) is 60.8 Å². The molecule has 6 nitrogen and oxygen atoms in total. The molecule has 33 heavy (non-hydrogen) atoms. The topological polar surface area (TPSA) is 83.6 Å². The van der Waals surface area contributed by atoms with E-state index in [4.69, 9.17) is 0 Å². The predicted octanol–water partition coefficient (Wildman–Crippen LogP) is 6.08. The predicted molar refractivity (Wildman–Crippen MR) is 137 cm³/mol. The van der Waals surface area contributed by atoms with Crippen molar-refractivity contribution in [1.82, 2.24) is 14.8 Å². The van der Waals surface area contributed by atoms with E-state index < -0.39 is 0 Å². The molecule has 1 N–H and O–H groups in total. The molecule has 0 saturated carbocycles. The first-order chi connectivity index (χ1) is 16.0. The molecule has 0 aromatic carbocycles. The van der Waals surface area contributed by atoms with Gasteiger partial charge in [0.25, 0.3) is 0 Å². The summed E-state index contributed by atoms with van der Waals surface area (Å²) in [6.07, 6.45) is 4.93. The molecule has 9 heteroatoms. The lowest BCUT2D eigenvalue weighted by molar-refractivity contribution is -0.113. The molecule has 0 bridgehead atoms. The van der Waals surface area contributed by atoms with Gasteiger partial charge < -0.3 is 9.88 Å². The van der Waals surface area contributed by atoms with E-state index in [1.807, 2.05) is 0 Å². The van der Waals surface area contributed by atoms with Crippen LogP contribution in [-0.4, -0.2) is 26.4 Å². The highest BCUT2D eigenvalue weighted by atomic mass is 32.2. The zero-order valence-electron chi connectivity index (χ0n) is 19.5. The van der Waals surface area contributed by atoms with Gasteiger partial charge in [0.05, 0.1) is 11.3 Å². The van der Waals surface area contributed by atoms with Crippen molar-refractivity contribution in [3.05, 3.63) is 31.8 Å². The van der Waals surface area contributed by atoms with Crippen molar-refractivity contribution in [3.8, 4) is 17.5 Å². The molecule has 3 aromatic rings. The number of thiophene rings is 2. The number of fused-ring (bicyclic) bond motifs is 1. The van der Waals surface area contributed by atoms with E-state index in [2.05, 4.69) is 59.2 Å². The number of thioether (sulfide) groups is 1. The summed E-state index contributed by atoms with van der Waals surface area (Å²) in [5.41, 5.74) is 4.25. The highest BCUT2D eigenvalue weighted by Gasteiger charge is 2.25. The number of aryl methyl sites for hydroxylation is 1. The minimum absolute atomic E-state index is 0.114. The minimum Gasteiger partial charge on any atom is -0.316 e. The maximum Gasteiger partial charge on any atom is 0.235 e. The number of rotatable bonds is 8. The summed E-state index contributed by atoms with van der Waals surface area (Å²) >= 11 is 4.71. The number of aromatic nitrogens is 3. The number of hydrogen-bond donors (Lipinski definition) is 1.